The zero-order valence-corrected chi connectivity index (χ0v) is 35.1. The number of likely N-dealkylation sites (N-methyl/N-ethyl adjacent to an activating group) is 1. The Morgan fingerprint density at radius 2 is 1.00 bits per heavy atom. The van der Waals surface area contributed by atoms with Crippen LogP contribution >= 0.6 is 7.82 Å². The van der Waals surface area contributed by atoms with Crippen molar-refractivity contribution in [3.05, 3.63) is 97.2 Å². The van der Waals surface area contributed by atoms with Gasteiger partial charge in [0.15, 0.2) is 6.10 Å². The van der Waals surface area contributed by atoms with Crippen LogP contribution in [0.3, 0.4) is 0 Å². The van der Waals surface area contributed by atoms with Gasteiger partial charge in [0.05, 0.1) is 27.7 Å². The minimum Gasteiger partial charge on any atom is -0.462 e. The lowest BCUT2D eigenvalue weighted by atomic mass is 10.1. The van der Waals surface area contributed by atoms with Crippen LogP contribution in [0.2, 0.25) is 0 Å². The number of hydrogen-bond acceptors (Lipinski definition) is 7. The molecular formula is C44H73NO8P+. The summed E-state index contributed by atoms with van der Waals surface area (Å²) in [6, 6.07) is 0. The molecule has 0 aromatic rings. The fraction of sp³-hybridized carbons (Fsp3) is 0.591. The number of quaternary nitrogens is 1. The van der Waals surface area contributed by atoms with E-state index >= 15 is 0 Å². The van der Waals surface area contributed by atoms with Crippen molar-refractivity contribution in [3.8, 4) is 0 Å². The second-order valence-electron chi connectivity index (χ2n) is 14.1. The number of carbonyl (C=O) groups is 2. The molecule has 0 rings (SSSR count). The first-order valence-electron chi connectivity index (χ1n) is 20.1. The fourth-order valence-electron chi connectivity index (χ4n) is 4.68. The highest BCUT2D eigenvalue weighted by molar-refractivity contribution is 7.47. The summed E-state index contributed by atoms with van der Waals surface area (Å²) >= 11 is 0. The summed E-state index contributed by atoms with van der Waals surface area (Å²) in [4.78, 5) is 35.3. The summed E-state index contributed by atoms with van der Waals surface area (Å²) < 4.78 is 34.2. The minimum atomic E-state index is -4.39. The lowest BCUT2D eigenvalue weighted by Gasteiger charge is -2.24. The first-order chi connectivity index (χ1) is 26.0. The van der Waals surface area contributed by atoms with Gasteiger partial charge in [0, 0.05) is 12.8 Å². The molecule has 2 atom stereocenters. The molecule has 0 heterocycles. The molecule has 9 nitrogen and oxygen atoms in total. The molecule has 0 saturated heterocycles. The maximum Gasteiger partial charge on any atom is 0.472 e. The number of rotatable bonds is 34. The van der Waals surface area contributed by atoms with Crippen molar-refractivity contribution in [3.63, 3.8) is 0 Å². The van der Waals surface area contributed by atoms with E-state index in [2.05, 4.69) is 50.3 Å². The quantitative estimate of drug-likeness (QED) is 0.0226. The Balaban J connectivity index is 4.53. The van der Waals surface area contributed by atoms with Gasteiger partial charge in [0.2, 0.25) is 0 Å². The zero-order valence-electron chi connectivity index (χ0n) is 34.2. The Morgan fingerprint density at radius 1 is 0.574 bits per heavy atom. The minimum absolute atomic E-state index is 0.0160. The first-order valence-corrected chi connectivity index (χ1v) is 21.6. The van der Waals surface area contributed by atoms with E-state index in [9.17, 15) is 19.0 Å². The molecule has 0 amide bonds. The van der Waals surface area contributed by atoms with Gasteiger partial charge in [0.25, 0.3) is 0 Å². The smallest absolute Gasteiger partial charge is 0.462 e. The molecule has 0 aliphatic carbocycles. The zero-order chi connectivity index (χ0) is 40.0. The second kappa shape index (κ2) is 35.6. The van der Waals surface area contributed by atoms with Crippen LogP contribution in [0.1, 0.15) is 117 Å². The topological polar surface area (TPSA) is 108 Å². The van der Waals surface area contributed by atoms with Crippen molar-refractivity contribution in [2.75, 3.05) is 47.5 Å². The molecule has 10 heteroatoms. The van der Waals surface area contributed by atoms with E-state index in [-0.39, 0.29) is 26.1 Å². The molecule has 0 radical (unpaired) electrons. The van der Waals surface area contributed by atoms with Gasteiger partial charge in [-0.25, -0.2) is 4.57 Å². The van der Waals surface area contributed by atoms with Gasteiger partial charge in [-0.1, -0.05) is 150 Å². The van der Waals surface area contributed by atoms with E-state index < -0.39 is 32.5 Å². The highest BCUT2D eigenvalue weighted by Gasteiger charge is 2.27. The summed E-state index contributed by atoms with van der Waals surface area (Å²) in [6.07, 6.45) is 45.9. The van der Waals surface area contributed by atoms with Crippen LogP contribution in [-0.2, 0) is 32.7 Å². The standard InChI is InChI=1S/C44H72NO8P/c1-6-8-10-12-14-16-18-20-22-24-26-28-30-32-34-36-43(46)50-40-42(41-52-54(48,49)51-39-38-45(3,4)5)53-44(47)37-35-33-31-29-27-25-23-21-19-17-15-13-11-9-7-2/h8-23,42H,6-7,24-41H2,1-5H3/p+1/b10-8-,11-9-,14-12-,15-13-,18-16-,19-17-,22-20-,23-21-. The monoisotopic (exact) mass is 775 g/mol. The number of allylic oxidation sites excluding steroid dienone is 16. The number of nitrogens with zero attached hydrogens (tertiary/aromatic N) is 1. The number of esters is 2. The summed E-state index contributed by atoms with van der Waals surface area (Å²) in [5, 5.41) is 0. The molecule has 0 aromatic heterocycles. The molecule has 0 aliphatic rings. The lowest BCUT2D eigenvalue weighted by molar-refractivity contribution is -0.870. The Morgan fingerprint density at radius 3 is 1.48 bits per heavy atom. The Hall–Kier alpha value is -3.07. The number of phosphoric ester groups is 1. The SMILES string of the molecule is CC\C=C/C=C\C=C/C=C\CCCCCCCC(=O)OCC(COP(=O)(O)OCC[N+](C)(C)C)OC(=O)CCCCCCC\C=C/C=C\C=C/C=C\CC. The maximum absolute atomic E-state index is 12.6. The second-order valence-corrected chi connectivity index (χ2v) is 15.5. The molecule has 2 unspecified atom stereocenters. The van der Waals surface area contributed by atoms with Crippen molar-refractivity contribution < 1.29 is 42.1 Å². The summed E-state index contributed by atoms with van der Waals surface area (Å²) in [6.45, 7) is 4.04. The third-order valence-electron chi connectivity index (χ3n) is 7.80. The predicted octanol–water partition coefficient (Wildman–Crippen LogP) is 11.0. The van der Waals surface area contributed by atoms with Crippen molar-refractivity contribution in [2.45, 2.75) is 123 Å². The van der Waals surface area contributed by atoms with E-state index in [0.717, 1.165) is 77.0 Å². The van der Waals surface area contributed by atoms with E-state index in [1.165, 1.54) is 0 Å². The average Bonchev–Trinajstić information content (AvgIpc) is 3.12. The van der Waals surface area contributed by atoms with Crippen LogP contribution in [0.5, 0.6) is 0 Å². The number of unbranched alkanes of at least 4 members (excludes halogenated alkanes) is 10. The van der Waals surface area contributed by atoms with Crippen molar-refractivity contribution >= 4 is 19.8 Å². The molecule has 306 valence electrons. The van der Waals surface area contributed by atoms with Gasteiger partial charge in [-0.3, -0.25) is 18.6 Å². The normalized spacial score (nSPS) is 14.7. The Bertz CT molecular complexity index is 1240. The van der Waals surface area contributed by atoms with Gasteiger partial charge < -0.3 is 18.9 Å². The van der Waals surface area contributed by atoms with Crippen molar-refractivity contribution in [1.29, 1.82) is 0 Å². The molecule has 0 bridgehead atoms. The third kappa shape index (κ3) is 38.6. The third-order valence-corrected chi connectivity index (χ3v) is 8.78. The van der Waals surface area contributed by atoms with Gasteiger partial charge in [-0.15, -0.1) is 0 Å². The Labute approximate surface area is 328 Å². The van der Waals surface area contributed by atoms with E-state index in [1.54, 1.807) is 0 Å². The Kier molecular flexibility index (Phi) is 33.6. The summed E-state index contributed by atoms with van der Waals surface area (Å²) in [5.74, 6) is -0.867. The molecule has 0 saturated carbocycles. The number of hydrogen-bond donors (Lipinski definition) is 1. The van der Waals surface area contributed by atoms with Gasteiger partial charge >= 0.3 is 19.8 Å². The number of phosphoric acid groups is 1. The van der Waals surface area contributed by atoms with Gasteiger partial charge in [-0.2, -0.15) is 0 Å². The average molecular weight is 775 g/mol. The van der Waals surface area contributed by atoms with Crippen molar-refractivity contribution in [1.82, 2.24) is 0 Å². The van der Waals surface area contributed by atoms with Crippen LogP contribution in [-0.4, -0.2) is 74.9 Å². The molecule has 1 N–H and O–H groups in total. The summed E-state index contributed by atoms with van der Waals surface area (Å²) in [5.41, 5.74) is 0. The maximum atomic E-state index is 12.6. The van der Waals surface area contributed by atoms with E-state index in [0.29, 0.717) is 23.9 Å². The molecule has 0 aromatic carbocycles. The molecule has 0 fully saturated rings. The fourth-order valence-corrected chi connectivity index (χ4v) is 5.42. The first kappa shape index (κ1) is 50.9. The highest BCUT2D eigenvalue weighted by Crippen LogP contribution is 2.43. The molecular weight excluding hydrogens is 701 g/mol. The van der Waals surface area contributed by atoms with Gasteiger partial charge in [-0.05, 0) is 51.4 Å². The predicted molar refractivity (Wildman–Crippen MR) is 224 cm³/mol. The molecule has 0 spiro atoms. The molecule has 0 aliphatic heterocycles. The summed E-state index contributed by atoms with van der Waals surface area (Å²) in [7, 11) is 1.42. The van der Waals surface area contributed by atoms with Crippen molar-refractivity contribution in [2.24, 2.45) is 0 Å². The highest BCUT2D eigenvalue weighted by atomic mass is 31.2. The van der Waals surface area contributed by atoms with Crippen LogP contribution in [0.4, 0.5) is 0 Å². The molecule has 54 heavy (non-hydrogen) atoms. The number of carbonyl (C=O) groups excluding carboxylic acids is 2. The van der Waals surface area contributed by atoms with Crippen LogP contribution in [0.25, 0.3) is 0 Å². The largest absolute Gasteiger partial charge is 0.472 e. The van der Waals surface area contributed by atoms with Crippen LogP contribution in [0.15, 0.2) is 97.2 Å². The number of ether oxygens (including phenoxy) is 2. The van der Waals surface area contributed by atoms with E-state index in [1.807, 2.05) is 81.9 Å². The van der Waals surface area contributed by atoms with Crippen LogP contribution < -0.4 is 0 Å². The van der Waals surface area contributed by atoms with E-state index in [4.69, 9.17) is 18.5 Å². The van der Waals surface area contributed by atoms with Gasteiger partial charge in [0.1, 0.15) is 19.8 Å². The van der Waals surface area contributed by atoms with Crippen LogP contribution in [0, 0.1) is 0 Å². The lowest BCUT2D eigenvalue weighted by Crippen LogP contribution is -2.37.